The maximum absolute atomic E-state index is 12.0. The number of anilines is 1. The van der Waals surface area contributed by atoms with E-state index < -0.39 is 23.1 Å². The van der Waals surface area contributed by atoms with Gasteiger partial charge in [-0.1, -0.05) is 24.1 Å². The summed E-state index contributed by atoms with van der Waals surface area (Å²) >= 11 is 5.98. The number of rotatable bonds is 3. The van der Waals surface area contributed by atoms with Crippen LogP contribution in [0.1, 0.15) is 45.6 Å². The SMILES string of the molecule is CC(C)(C)OC(=O)Nc1cc(Cl)ccc1C1(C(=O)O)CCC1. The van der Waals surface area contributed by atoms with Gasteiger partial charge in [-0.25, -0.2) is 4.79 Å². The molecule has 1 fully saturated rings. The Morgan fingerprint density at radius 3 is 2.41 bits per heavy atom. The van der Waals surface area contributed by atoms with Crippen LogP contribution in [0.5, 0.6) is 0 Å². The highest BCUT2D eigenvalue weighted by molar-refractivity contribution is 6.31. The number of carbonyl (C=O) groups is 2. The van der Waals surface area contributed by atoms with Crippen molar-refractivity contribution in [1.29, 1.82) is 0 Å². The van der Waals surface area contributed by atoms with E-state index >= 15 is 0 Å². The number of carboxylic acids is 1. The molecule has 0 spiro atoms. The number of hydrogen-bond donors (Lipinski definition) is 2. The number of carboxylic acid groups (broad SMARTS) is 1. The molecule has 0 unspecified atom stereocenters. The van der Waals surface area contributed by atoms with E-state index in [2.05, 4.69) is 5.32 Å². The molecule has 0 saturated heterocycles. The van der Waals surface area contributed by atoms with E-state index in [1.807, 2.05) is 0 Å². The van der Waals surface area contributed by atoms with Gasteiger partial charge in [0.05, 0.1) is 5.41 Å². The van der Waals surface area contributed by atoms with E-state index in [-0.39, 0.29) is 0 Å². The van der Waals surface area contributed by atoms with E-state index in [1.54, 1.807) is 39.0 Å². The zero-order valence-electron chi connectivity index (χ0n) is 12.9. The lowest BCUT2D eigenvalue weighted by Gasteiger charge is -2.39. The lowest BCUT2D eigenvalue weighted by atomic mass is 9.64. The summed E-state index contributed by atoms with van der Waals surface area (Å²) in [5.74, 6) is -0.881. The van der Waals surface area contributed by atoms with Gasteiger partial charge in [0.25, 0.3) is 0 Å². The third kappa shape index (κ3) is 3.35. The van der Waals surface area contributed by atoms with Crippen LogP contribution in [0.2, 0.25) is 5.02 Å². The first-order valence-electron chi connectivity index (χ1n) is 7.17. The second-order valence-electron chi connectivity index (χ2n) is 6.56. The minimum atomic E-state index is -0.949. The fourth-order valence-corrected chi connectivity index (χ4v) is 2.75. The molecule has 22 heavy (non-hydrogen) atoms. The third-order valence-corrected chi connectivity index (χ3v) is 3.98. The Morgan fingerprint density at radius 1 is 1.32 bits per heavy atom. The molecule has 0 bridgehead atoms. The van der Waals surface area contributed by atoms with Crippen LogP contribution in [0.3, 0.4) is 0 Å². The van der Waals surface area contributed by atoms with Crippen molar-refractivity contribution >= 4 is 29.4 Å². The molecule has 2 rings (SSSR count). The Hall–Kier alpha value is -1.75. The fourth-order valence-electron chi connectivity index (χ4n) is 2.58. The third-order valence-electron chi connectivity index (χ3n) is 3.75. The van der Waals surface area contributed by atoms with E-state index in [0.29, 0.717) is 29.1 Å². The van der Waals surface area contributed by atoms with Crippen LogP contribution in [0, 0.1) is 0 Å². The van der Waals surface area contributed by atoms with Crippen molar-refractivity contribution in [3.05, 3.63) is 28.8 Å². The van der Waals surface area contributed by atoms with Crippen molar-refractivity contribution in [2.75, 3.05) is 5.32 Å². The van der Waals surface area contributed by atoms with E-state index in [1.165, 1.54) is 0 Å². The average Bonchev–Trinajstić information content (AvgIpc) is 2.27. The summed E-state index contributed by atoms with van der Waals surface area (Å²) in [5.41, 5.74) is -0.621. The van der Waals surface area contributed by atoms with E-state index in [4.69, 9.17) is 16.3 Å². The molecule has 1 aliphatic carbocycles. The molecular formula is C16H20ClNO4. The van der Waals surface area contributed by atoms with Crippen LogP contribution in [-0.2, 0) is 14.9 Å². The lowest BCUT2D eigenvalue weighted by molar-refractivity contribution is -0.147. The van der Waals surface area contributed by atoms with Gasteiger partial charge in [-0.05, 0) is 51.3 Å². The molecule has 0 radical (unpaired) electrons. The summed E-state index contributed by atoms with van der Waals surface area (Å²) in [4.78, 5) is 23.6. The van der Waals surface area contributed by atoms with Gasteiger partial charge in [0, 0.05) is 10.7 Å². The highest BCUT2D eigenvalue weighted by atomic mass is 35.5. The van der Waals surface area contributed by atoms with Gasteiger partial charge < -0.3 is 9.84 Å². The van der Waals surface area contributed by atoms with E-state index in [9.17, 15) is 14.7 Å². The predicted molar refractivity (Wildman–Crippen MR) is 84.5 cm³/mol. The lowest BCUT2D eigenvalue weighted by Crippen LogP contribution is -2.43. The number of amides is 1. The van der Waals surface area contributed by atoms with Gasteiger partial charge in [-0.15, -0.1) is 0 Å². The Kier molecular flexibility index (Phi) is 4.38. The van der Waals surface area contributed by atoms with Crippen molar-refractivity contribution in [2.45, 2.75) is 51.0 Å². The van der Waals surface area contributed by atoms with Gasteiger partial charge in [-0.2, -0.15) is 0 Å². The first-order valence-corrected chi connectivity index (χ1v) is 7.55. The summed E-state index contributed by atoms with van der Waals surface area (Å²) in [5, 5.41) is 12.6. The number of benzene rings is 1. The van der Waals surface area contributed by atoms with Crippen LogP contribution >= 0.6 is 11.6 Å². The molecule has 1 aliphatic rings. The van der Waals surface area contributed by atoms with Gasteiger partial charge in [0.1, 0.15) is 5.60 Å². The van der Waals surface area contributed by atoms with Crippen molar-refractivity contribution in [1.82, 2.24) is 0 Å². The largest absolute Gasteiger partial charge is 0.481 e. The quantitative estimate of drug-likeness (QED) is 0.873. The molecule has 1 aromatic carbocycles. The molecule has 1 amide bonds. The Labute approximate surface area is 134 Å². The standard InChI is InChI=1S/C16H20ClNO4/c1-15(2,3)22-14(21)18-12-9-10(17)5-6-11(12)16(13(19)20)7-4-8-16/h5-6,9H,4,7-8H2,1-3H3,(H,18,21)(H,19,20). The summed E-state index contributed by atoms with van der Waals surface area (Å²) in [7, 11) is 0. The summed E-state index contributed by atoms with van der Waals surface area (Å²) < 4.78 is 5.22. The highest BCUT2D eigenvalue weighted by Crippen LogP contribution is 2.47. The van der Waals surface area contributed by atoms with Crippen LogP contribution in [0.15, 0.2) is 18.2 Å². The fraction of sp³-hybridized carbons (Fsp3) is 0.500. The topological polar surface area (TPSA) is 75.6 Å². The minimum Gasteiger partial charge on any atom is -0.481 e. The molecule has 120 valence electrons. The van der Waals surface area contributed by atoms with Crippen molar-refractivity contribution in [2.24, 2.45) is 0 Å². The Morgan fingerprint density at radius 2 is 1.95 bits per heavy atom. The summed E-state index contributed by atoms with van der Waals surface area (Å²) in [6.45, 7) is 5.28. The van der Waals surface area contributed by atoms with Gasteiger partial charge in [0.2, 0.25) is 0 Å². The summed E-state index contributed by atoms with van der Waals surface area (Å²) in [6.07, 6.45) is 1.32. The monoisotopic (exact) mass is 325 g/mol. The number of aliphatic carboxylic acids is 1. The van der Waals surface area contributed by atoms with Crippen LogP contribution in [-0.4, -0.2) is 22.8 Å². The maximum Gasteiger partial charge on any atom is 0.412 e. The minimum absolute atomic E-state index is 0.392. The van der Waals surface area contributed by atoms with Crippen molar-refractivity contribution < 1.29 is 19.4 Å². The number of nitrogens with one attached hydrogen (secondary N) is 1. The molecule has 0 atom stereocenters. The molecule has 5 nitrogen and oxygen atoms in total. The number of carbonyl (C=O) groups excluding carboxylic acids is 1. The number of hydrogen-bond acceptors (Lipinski definition) is 3. The van der Waals surface area contributed by atoms with Crippen molar-refractivity contribution in [3.63, 3.8) is 0 Å². The Bertz CT molecular complexity index is 603. The number of ether oxygens (including phenoxy) is 1. The average molecular weight is 326 g/mol. The Balaban J connectivity index is 2.33. The second-order valence-corrected chi connectivity index (χ2v) is 6.99. The first kappa shape index (κ1) is 16.6. The molecule has 0 aliphatic heterocycles. The molecule has 1 saturated carbocycles. The molecule has 0 aromatic heterocycles. The smallest absolute Gasteiger partial charge is 0.412 e. The van der Waals surface area contributed by atoms with Gasteiger partial charge in [-0.3, -0.25) is 10.1 Å². The molecule has 6 heteroatoms. The molecule has 1 aromatic rings. The maximum atomic E-state index is 12.0. The summed E-state index contributed by atoms with van der Waals surface area (Å²) in [6, 6.07) is 4.87. The van der Waals surface area contributed by atoms with Crippen LogP contribution < -0.4 is 5.32 Å². The van der Waals surface area contributed by atoms with E-state index in [0.717, 1.165) is 6.42 Å². The van der Waals surface area contributed by atoms with Crippen molar-refractivity contribution in [3.8, 4) is 0 Å². The van der Waals surface area contributed by atoms with Gasteiger partial charge >= 0.3 is 12.1 Å². The first-order chi connectivity index (χ1) is 10.1. The second kappa shape index (κ2) is 5.80. The predicted octanol–water partition coefficient (Wildman–Crippen LogP) is 4.19. The highest BCUT2D eigenvalue weighted by Gasteiger charge is 2.47. The van der Waals surface area contributed by atoms with Crippen LogP contribution in [0.25, 0.3) is 0 Å². The zero-order chi connectivity index (χ0) is 16.5. The van der Waals surface area contributed by atoms with Crippen LogP contribution in [0.4, 0.5) is 10.5 Å². The molecular weight excluding hydrogens is 306 g/mol. The number of halogens is 1. The van der Waals surface area contributed by atoms with Gasteiger partial charge in [0.15, 0.2) is 0 Å². The molecule has 2 N–H and O–H groups in total. The zero-order valence-corrected chi connectivity index (χ0v) is 13.7. The normalized spacial score (nSPS) is 16.5. The molecule has 0 heterocycles.